The smallest absolute Gasteiger partial charge is 0.304 e. The monoisotopic (exact) mass is 230 g/mol. The van der Waals surface area contributed by atoms with Crippen LogP contribution in [-0.4, -0.2) is 28.4 Å². The van der Waals surface area contributed by atoms with Gasteiger partial charge in [0.15, 0.2) is 5.78 Å². The molecule has 0 aromatic carbocycles. The van der Waals surface area contributed by atoms with Crippen LogP contribution in [0.1, 0.15) is 16.1 Å². The van der Waals surface area contributed by atoms with Crippen LogP contribution in [0.4, 0.5) is 0 Å². The summed E-state index contributed by atoms with van der Waals surface area (Å²) in [4.78, 5) is 22.3. The van der Waals surface area contributed by atoms with Gasteiger partial charge in [0.2, 0.25) is 0 Å². The van der Waals surface area contributed by atoms with Crippen molar-refractivity contribution in [2.24, 2.45) is 0 Å². The zero-order valence-electron chi connectivity index (χ0n) is 7.43. The minimum absolute atomic E-state index is 0.0791. The first-order valence-electron chi connectivity index (χ1n) is 4.06. The Morgan fingerprint density at radius 1 is 1.50 bits per heavy atom. The Hall–Kier alpha value is -0.810. The summed E-state index contributed by atoms with van der Waals surface area (Å²) >= 11 is 2.78. The largest absolute Gasteiger partial charge is 0.481 e. The molecule has 0 amide bonds. The Morgan fingerprint density at radius 3 is 2.86 bits per heavy atom. The highest BCUT2D eigenvalue weighted by Crippen LogP contribution is 2.13. The second kappa shape index (κ2) is 5.82. The van der Waals surface area contributed by atoms with Crippen molar-refractivity contribution in [3.8, 4) is 0 Å². The molecule has 1 heterocycles. The third-order valence-corrected chi connectivity index (χ3v) is 3.36. The lowest BCUT2D eigenvalue weighted by Gasteiger charge is -1.96. The van der Waals surface area contributed by atoms with E-state index in [-0.39, 0.29) is 12.2 Å². The average Bonchev–Trinajstić information content (AvgIpc) is 2.64. The first kappa shape index (κ1) is 11.3. The summed E-state index contributed by atoms with van der Waals surface area (Å²) < 4.78 is 0. The predicted octanol–water partition coefficient (Wildman–Crippen LogP) is 2.14. The molecule has 0 saturated heterocycles. The molecule has 1 aromatic rings. The molecule has 1 aromatic heterocycles. The van der Waals surface area contributed by atoms with Crippen LogP contribution in [0, 0.1) is 0 Å². The SMILES string of the molecule is O=C(O)CCSCC(=O)c1cccs1. The summed E-state index contributed by atoms with van der Waals surface area (Å²) in [5.74, 6) is 0.122. The van der Waals surface area contributed by atoms with E-state index in [1.54, 1.807) is 6.07 Å². The number of hydrogen-bond donors (Lipinski definition) is 1. The van der Waals surface area contributed by atoms with Crippen molar-refractivity contribution >= 4 is 34.9 Å². The number of ketones is 1. The number of rotatable bonds is 6. The van der Waals surface area contributed by atoms with Crippen LogP contribution in [0.25, 0.3) is 0 Å². The van der Waals surface area contributed by atoms with Gasteiger partial charge in [-0.05, 0) is 11.4 Å². The van der Waals surface area contributed by atoms with E-state index in [4.69, 9.17) is 5.11 Å². The molecule has 0 aliphatic heterocycles. The molecule has 0 radical (unpaired) electrons. The normalized spacial score (nSPS) is 10.0. The standard InChI is InChI=1S/C9H10O3S2/c10-7(8-2-1-4-14-8)6-13-5-3-9(11)12/h1-2,4H,3,5-6H2,(H,11,12). The van der Waals surface area contributed by atoms with E-state index in [2.05, 4.69) is 0 Å². The average molecular weight is 230 g/mol. The number of aliphatic carboxylic acids is 1. The number of Topliss-reactive ketones (excluding diaryl/α,β-unsaturated/α-hetero) is 1. The van der Waals surface area contributed by atoms with Crippen LogP contribution in [-0.2, 0) is 4.79 Å². The molecule has 76 valence electrons. The van der Waals surface area contributed by atoms with Crippen molar-refractivity contribution < 1.29 is 14.7 Å². The van der Waals surface area contributed by atoms with Crippen LogP contribution in [0.3, 0.4) is 0 Å². The molecule has 3 nitrogen and oxygen atoms in total. The third-order valence-electron chi connectivity index (χ3n) is 1.49. The number of thiophene rings is 1. The summed E-state index contributed by atoms with van der Waals surface area (Å²) in [7, 11) is 0. The third kappa shape index (κ3) is 3.93. The number of carbonyl (C=O) groups excluding carboxylic acids is 1. The van der Waals surface area contributed by atoms with E-state index in [0.717, 1.165) is 4.88 Å². The van der Waals surface area contributed by atoms with Crippen LogP contribution >= 0.6 is 23.1 Å². The fourth-order valence-electron chi connectivity index (χ4n) is 0.833. The highest BCUT2D eigenvalue weighted by atomic mass is 32.2. The number of carbonyl (C=O) groups is 2. The number of hydrogen-bond acceptors (Lipinski definition) is 4. The number of carboxylic acids is 1. The maximum Gasteiger partial charge on any atom is 0.304 e. The van der Waals surface area contributed by atoms with Gasteiger partial charge >= 0.3 is 5.97 Å². The molecule has 14 heavy (non-hydrogen) atoms. The van der Waals surface area contributed by atoms with Crippen LogP contribution in [0.5, 0.6) is 0 Å². The van der Waals surface area contributed by atoms with Gasteiger partial charge in [-0.2, -0.15) is 11.8 Å². The molecule has 1 rings (SSSR count). The topological polar surface area (TPSA) is 54.4 Å². The molecule has 0 aliphatic carbocycles. The lowest BCUT2D eigenvalue weighted by molar-refractivity contribution is -0.136. The van der Waals surface area contributed by atoms with E-state index >= 15 is 0 Å². The van der Waals surface area contributed by atoms with E-state index in [1.807, 2.05) is 11.4 Å². The summed E-state index contributed by atoms with van der Waals surface area (Å²) in [5, 5.41) is 10.2. The van der Waals surface area contributed by atoms with Gasteiger partial charge < -0.3 is 5.11 Å². The second-order valence-corrected chi connectivity index (χ2v) is 4.65. The lowest BCUT2D eigenvalue weighted by atomic mass is 10.4. The van der Waals surface area contributed by atoms with Crippen molar-refractivity contribution in [1.29, 1.82) is 0 Å². The van der Waals surface area contributed by atoms with Crippen LogP contribution in [0.2, 0.25) is 0 Å². The minimum Gasteiger partial charge on any atom is -0.481 e. The quantitative estimate of drug-likeness (QED) is 0.601. The Kier molecular flexibility index (Phi) is 4.69. The van der Waals surface area contributed by atoms with Crippen molar-refractivity contribution in [2.75, 3.05) is 11.5 Å². The molecule has 5 heteroatoms. The molecule has 0 spiro atoms. The van der Waals surface area contributed by atoms with Gasteiger partial charge in [0.05, 0.1) is 17.1 Å². The zero-order valence-corrected chi connectivity index (χ0v) is 9.07. The van der Waals surface area contributed by atoms with E-state index in [1.165, 1.54) is 23.1 Å². The molecule has 0 fully saturated rings. The van der Waals surface area contributed by atoms with E-state index in [9.17, 15) is 9.59 Å². The Bertz CT molecular complexity index is 306. The molecular weight excluding hydrogens is 220 g/mol. The predicted molar refractivity (Wildman–Crippen MR) is 58.2 cm³/mol. The fraction of sp³-hybridized carbons (Fsp3) is 0.333. The highest BCUT2D eigenvalue weighted by molar-refractivity contribution is 8.00. The highest BCUT2D eigenvalue weighted by Gasteiger charge is 2.06. The van der Waals surface area contributed by atoms with Gasteiger partial charge in [-0.3, -0.25) is 9.59 Å². The summed E-state index contributed by atoms with van der Waals surface area (Å²) in [6, 6.07) is 3.62. The molecule has 0 saturated carbocycles. The summed E-state index contributed by atoms with van der Waals surface area (Å²) in [6.45, 7) is 0. The Labute approximate surface area is 90.1 Å². The van der Waals surface area contributed by atoms with Crippen molar-refractivity contribution in [3.05, 3.63) is 22.4 Å². The Morgan fingerprint density at radius 2 is 2.29 bits per heavy atom. The van der Waals surface area contributed by atoms with Gasteiger partial charge in [-0.15, -0.1) is 11.3 Å². The fourth-order valence-corrected chi connectivity index (χ4v) is 2.39. The molecular formula is C9H10O3S2. The summed E-state index contributed by atoms with van der Waals surface area (Å²) in [5.41, 5.74) is 0. The van der Waals surface area contributed by atoms with Crippen LogP contribution < -0.4 is 0 Å². The lowest BCUT2D eigenvalue weighted by Crippen LogP contribution is -2.02. The van der Waals surface area contributed by atoms with Gasteiger partial charge in [-0.25, -0.2) is 0 Å². The molecule has 1 N–H and O–H groups in total. The van der Waals surface area contributed by atoms with Crippen molar-refractivity contribution in [1.82, 2.24) is 0 Å². The number of carboxylic acid groups (broad SMARTS) is 1. The molecule has 0 atom stereocenters. The molecule has 0 aliphatic rings. The number of thioether (sulfide) groups is 1. The van der Waals surface area contributed by atoms with E-state index in [0.29, 0.717) is 11.5 Å². The van der Waals surface area contributed by atoms with E-state index < -0.39 is 5.97 Å². The maximum atomic E-state index is 11.4. The maximum absolute atomic E-state index is 11.4. The second-order valence-electron chi connectivity index (χ2n) is 2.60. The Balaban J connectivity index is 2.19. The van der Waals surface area contributed by atoms with Gasteiger partial charge in [-0.1, -0.05) is 6.07 Å². The first-order chi connectivity index (χ1) is 6.70. The van der Waals surface area contributed by atoms with Gasteiger partial charge in [0.1, 0.15) is 0 Å². The van der Waals surface area contributed by atoms with Crippen molar-refractivity contribution in [3.63, 3.8) is 0 Å². The molecule has 0 unspecified atom stereocenters. The first-order valence-corrected chi connectivity index (χ1v) is 6.10. The molecule has 0 bridgehead atoms. The van der Waals surface area contributed by atoms with Crippen LogP contribution in [0.15, 0.2) is 17.5 Å². The zero-order chi connectivity index (χ0) is 10.4. The summed E-state index contributed by atoms with van der Waals surface area (Å²) in [6.07, 6.45) is 0.113. The minimum atomic E-state index is -0.818. The van der Waals surface area contributed by atoms with Crippen molar-refractivity contribution in [2.45, 2.75) is 6.42 Å². The van der Waals surface area contributed by atoms with Gasteiger partial charge in [0, 0.05) is 5.75 Å². The van der Waals surface area contributed by atoms with Gasteiger partial charge in [0.25, 0.3) is 0 Å².